The molecule has 1 saturated carbocycles. The number of pyridine rings is 1. The van der Waals surface area contributed by atoms with E-state index in [4.69, 9.17) is 0 Å². The minimum absolute atomic E-state index is 0.153. The van der Waals surface area contributed by atoms with Crippen LogP contribution in [-0.2, 0) is 4.79 Å². The van der Waals surface area contributed by atoms with E-state index < -0.39 is 5.91 Å². The van der Waals surface area contributed by atoms with Gasteiger partial charge in [-0.2, -0.15) is 5.10 Å². The van der Waals surface area contributed by atoms with Gasteiger partial charge in [0.1, 0.15) is 0 Å². The molecule has 102 valence electrons. The molecule has 0 unspecified atom stereocenters. The third-order valence-corrected chi connectivity index (χ3v) is 3.48. The standard InChI is InChI=1S/C14H18N3O2/c1-11(12-7-9-15-10-8-12)16-17(19)14(18)13-5-3-2-4-6-13/h7-10,13H,2-6H2,1H3/q-1. The van der Waals surface area contributed by atoms with Crippen molar-refractivity contribution in [1.29, 1.82) is 0 Å². The van der Waals surface area contributed by atoms with E-state index in [1.54, 1.807) is 31.5 Å². The highest BCUT2D eigenvalue weighted by atomic mass is 16.5. The average molecular weight is 260 g/mol. The molecular formula is C14H18N3O2-. The van der Waals surface area contributed by atoms with E-state index >= 15 is 0 Å². The second-order valence-electron chi connectivity index (χ2n) is 4.87. The van der Waals surface area contributed by atoms with Crippen LogP contribution in [0.15, 0.2) is 29.6 Å². The quantitative estimate of drug-likeness (QED) is 0.619. The van der Waals surface area contributed by atoms with E-state index in [9.17, 15) is 10.0 Å². The summed E-state index contributed by atoms with van der Waals surface area (Å²) in [6, 6.07) is 3.52. The van der Waals surface area contributed by atoms with Gasteiger partial charge in [-0.3, -0.25) is 9.78 Å². The predicted molar refractivity (Wildman–Crippen MR) is 73.2 cm³/mol. The number of amides is 1. The summed E-state index contributed by atoms with van der Waals surface area (Å²) in [4.78, 5) is 15.9. The van der Waals surface area contributed by atoms with Gasteiger partial charge in [-0.25, -0.2) is 0 Å². The van der Waals surface area contributed by atoms with Gasteiger partial charge < -0.3 is 10.4 Å². The number of hydrogen-bond acceptors (Lipinski definition) is 4. The second-order valence-corrected chi connectivity index (χ2v) is 4.87. The van der Waals surface area contributed by atoms with Gasteiger partial charge in [0, 0.05) is 23.9 Å². The van der Waals surface area contributed by atoms with Crippen LogP contribution >= 0.6 is 0 Å². The largest absolute Gasteiger partial charge is 0.735 e. The molecule has 0 N–H and O–H groups in total. The molecule has 1 fully saturated rings. The van der Waals surface area contributed by atoms with Crippen LogP contribution in [0.4, 0.5) is 0 Å². The van der Waals surface area contributed by atoms with Gasteiger partial charge in [-0.1, -0.05) is 19.3 Å². The Morgan fingerprint density at radius 3 is 2.58 bits per heavy atom. The summed E-state index contributed by atoms with van der Waals surface area (Å²) in [6.07, 6.45) is 8.08. The second kappa shape index (κ2) is 6.43. The Morgan fingerprint density at radius 1 is 1.32 bits per heavy atom. The molecule has 1 aliphatic rings. The van der Waals surface area contributed by atoms with Crippen LogP contribution in [0.2, 0.25) is 0 Å². The molecule has 0 atom stereocenters. The maximum absolute atomic E-state index is 12.0. The lowest BCUT2D eigenvalue weighted by atomic mass is 9.89. The third kappa shape index (κ3) is 3.61. The van der Waals surface area contributed by atoms with Crippen molar-refractivity contribution in [2.24, 2.45) is 11.0 Å². The lowest BCUT2D eigenvalue weighted by molar-refractivity contribution is -0.133. The molecular weight excluding hydrogens is 242 g/mol. The van der Waals surface area contributed by atoms with Crippen LogP contribution in [-0.4, -0.2) is 21.8 Å². The Kier molecular flexibility index (Phi) is 4.63. The van der Waals surface area contributed by atoms with Crippen molar-refractivity contribution in [2.45, 2.75) is 39.0 Å². The van der Waals surface area contributed by atoms with Crippen molar-refractivity contribution < 1.29 is 4.79 Å². The molecule has 0 bridgehead atoms. The molecule has 0 saturated heterocycles. The van der Waals surface area contributed by atoms with E-state index in [0.29, 0.717) is 5.71 Å². The monoisotopic (exact) mass is 260 g/mol. The molecule has 0 radical (unpaired) electrons. The Labute approximate surface area is 112 Å². The van der Waals surface area contributed by atoms with Crippen LogP contribution < -0.4 is 0 Å². The van der Waals surface area contributed by atoms with Crippen molar-refractivity contribution in [3.05, 3.63) is 35.3 Å². The summed E-state index contributed by atoms with van der Waals surface area (Å²) in [5.74, 6) is -0.562. The highest BCUT2D eigenvalue weighted by Crippen LogP contribution is 2.25. The summed E-state index contributed by atoms with van der Waals surface area (Å²) in [5.41, 5.74) is 1.33. The van der Waals surface area contributed by atoms with Gasteiger partial charge in [0.25, 0.3) is 0 Å². The normalized spacial score (nSPS) is 17.3. The molecule has 1 aliphatic carbocycles. The third-order valence-electron chi connectivity index (χ3n) is 3.48. The van der Waals surface area contributed by atoms with Crippen LogP contribution in [0.25, 0.3) is 0 Å². The summed E-state index contributed by atoms with van der Waals surface area (Å²) in [7, 11) is 0. The van der Waals surface area contributed by atoms with Crippen molar-refractivity contribution in [3.63, 3.8) is 0 Å². The number of hydrogen-bond donors (Lipinski definition) is 0. The Bertz CT molecular complexity index is 453. The smallest absolute Gasteiger partial charge is 0.235 e. The lowest BCUT2D eigenvalue weighted by Crippen LogP contribution is -2.30. The molecule has 0 spiro atoms. The van der Waals surface area contributed by atoms with Gasteiger partial charge in [0.05, 0.1) is 5.71 Å². The summed E-state index contributed by atoms with van der Waals surface area (Å²) in [5, 5.41) is 15.9. The minimum Gasteiger partial charge on any atom is -0.735 e. The average Bonchev–Trinajstić information content (AvgIpc) is 2.48. The van der Waals surface area contributed by atoms with Crippen molar-refractivity contribution in [2.75, 3.05) is 0 Å². The first-order chi connectivity index (χ1) is 9.18. The fourth-order valence-electron chi connectivity index (χ4n) is 2.34. The zero-order chi connectivity index (χ0) is 13.7. The molecule has 1 heterocycles. The van der Waals surface area contributed by atoms with Gasteiger partial charge in [0.15, 0.2) is 0 Å². The molecule has 5 nitrogen and oxygen atoms in total. The van der Waals surface area contributed by atoms with E-state index in [0.717, 1.165) is 37.7 Å². The SMILES string of the molecule is CC(=NN([O-])C(=O)C1CCCCC1)c1ccncc1. The zero-order valence-corrected chi connectivity index (χ0v) is 11.1. The number of hydroxylamine groups is 1. The summed E-state index contributed by atoms with van der Waals surface area (Å²) in [6.45, 7) is 1.72. The number of hydrazone groups is 1. The first-order valence-corrected chi connectivity index (χ1v) is 6.65. The summed E-state index contributed by atoms with van der Waals surface area (Å²) >= 11 is 0. The number of aromatic nitrogens is 1. The minimum atomic E-state index is -0.409. The number of carbonyl (C=O) groups is 1. The fraction of sp³-hybridized carbons (Fsp3) is 0.500. The molecule has 1 aromatic heterocycles. The highest BCUT2D eigenvalue weighted by molar-refractivity contribution is 5.99. The molecule has 19 heavy (non-hydrogen) atoms. The van der Waals surface area contributed by atoms with Gasteiger partial charge in [-0.05, 0) is 31.9 Å². The molecule has 2 rings (SSSR count). The zero-order valence-electron chi connectivity index (χ0n) is 11.1. The molecule has 1 amide bonds. The van der Waals surface area contributed by atoms with Gasteiger partial charge in [-0.15, -0.1) is 0 Å². The van der Waals surface area contributed by atoms with Crippen molar-refractivity contribution in [1.82, 2.24) is 10.2 Å². The maximum Gasteiger partial charge on any atom is 0.235 e. The molecule has 5 heteroatoms. The van der Waals surface area contributed by atoms with Crippen LogP contribution in [0, 0.1) is 11.1 Å². The first-order valence-electron chi connectivity index (χ1n) is 6.65. The number of nitrogens with zero attached hydrogens (tertiary/aromatic N) is 3. The van der Waals surface area contributed by atoms with Gasteiger partial charge >= 0.3 is 0 Å². The van der Waals surface area contributed by atoms with Crippen LogP contribution in [0.3, 0.4) is 0 Å². The summed E-state index contributed by atoms with van der Waals surface area (Å²) < 4.78 is 0. The highest BCUT2D eigenvalue weighted by Gasteiger charge is 2.22. The fourth-order valence-corrected chi connectivity index (χ4v) is 2.34. The van der Waals surface area contributed by atoms with Crippen molar-refractivity contribution >= 4 is 11.6 Å². The van der Waals surface area contributed by atoms with E-state index in [-0.39, 0.29) is 11.1 Å². The van der Waals surface area contributed by atoms with Crippen molar-refractivity contribution in [3.8, 4) is 0 Å². The number of carbonyl (C=O) groups excluding carboxylic acids is 1. The Morgan fingerprint density at radius 2 is 1.95 bits per heavy atom. The van der Waals surface area contributed by atoms with E-state index in [2.05, 4.69) is 10.1 Å². The molecule has 0 aromatic carbocycles. The predicted octanol–water partition coefficient (Wildman–Crippen LogP) is 2.71. The lowest BCUT2D eigenvalue weighted by Gasteiger charge is -2.29. The Balaban J connectivity index is 2.03. The first kappa shape index (κ1) is 13.7. The molecule has 1 aromatic rings. The van der Waals surface area contributed by atoms with Crippen LogP contribution in [0.5, 0.6) is 0 Å². The molecule has 0 aliphatic heterocycles. The van der Waals surface area contributed by atoms with E-state index in [1.807, 2.05) is 0 Å². The van der Waals surface area contributed by atoms with Crippen LogP contribution in [0.1, 0.15) is 44.6 Å². The number of rotatable bonds is 3. The maximum atomic E-state index is 12.0. The van der Waals surface area contributed by atoms with E-state index in [1.165, 1.54) is 0 Å². The van der Waals surface area contributed by atoms with Gasteiger partial charge in [0.2, 0.25) is 5.91 Å². The Hall–Kier alpha value is -1.75. The topological polar surface area (TPSA) is 68.6 Å².